The van der Waals surface area contributed by atoms with Crippen LogP contribution in [0.3, 0.4) is 0 Å². The molecule has 1 heterocycles. The van der Waals surface area contributed by atoms with Gasteiger partial charge in [0.05, 0.1) is 26.8 Å². The molecule has 0 radical (unpaired) electrons. The van der Waals surface area contributed by atoms with Crippen LogP contribution < -0.4 is 20.1 Å². The highest BCUT2D eigenvalue weighted by atomic mass is 16.5. The van der Waals surface area contributed by atoms with Crippen molar-refractivity contribution in [1.29, 1.82) is 0 Å². The number of nitrogens with zero attached hydrogens (tertiary/aromatic N) is 2. The Morgan fingerprint density at radius 2 is 1.66 bits per heavy atom. The van der Waals surface area contributed by atoms with E-state index in [0.717, 1.165) is 5.56 Å². The molecule has 1 aliphatic heterocycles. The number of likely N-dealkylation sites (tertiary alicyclic amines) is 1. The summed E-state index contributed by atoms with van der Waals surface area (Å²) >= 11 is 0. The van der Waals surface area contributed by atoms with Crippen LogP contribution in [-0.2, 0) is 23.9 Å². The van der Waals surface area contributed by atoms with Gasteiger partial charge in [0.15, 0.2) is 0 Å². The van der Waals surface area contributed by atoms with E-state index in [-0.39, 0.29) is 30.9 Å². The van der Waals surface area contributed by atoms with Gasteiger partial charge in [0.25, 0.3) is 5.91 Å². The molecule has 2 N–H and O–H groups in total. The quantitative estimate of drug-likeness (QED) is 0.289. The summed E-state index contributed by atoms with van der Waals surface area (Å²) in [4.78, 5) is 52.1. The van der Waals surface area contributed by atoms with Crippen molar-refractivity contribution in [2.45, 2.75) is 25.1 Å². The number of carbonyl (C=O) groups is 4. The molecule has 3 atom stereocenters. The highest BCUT2D eigenvalue weighted by Crippen LogP contribution is 2.38. The van der Waals surface area contributed by atoms with E-state index in [0.29, 0.717) is 24.6 Å². The van der Waals surface area contributed by atoms with Gasteiger partial charge in [0.1, 0.15) is 24.1 Å². The lowest BCUT2D eigenvalue weighted by atomic mass is 9.90. The van der Waals surface area contributed by atoms with Gasteiger partial charge in [-0.1, -0.05) is 30.3 Å². The van der Waals surface area contributed by atoms with Crippen LogP contribution in [0.1, 0.15) is 18.5 Å². The summed E-state index contributed by atoms with van der Waals surface area (Å²) in [6, 6.07) is 15.8. The summed E-state index contributed by atoms with van der Waals surface area (Å²) in [5, 5.41) is 4.91. The van der Waals surface area contributed by atoms with Crippen LogP contribution in [0.25, 0.3) is 0 Å². The average Bonchev–Trinajstić information content (AvgIpc) is 2.95. The fourth-order valence-corrected chi connectivity index (χ4v) is 3.96. The molecule has 0 bridgehead atoms. The smallest absolute Gasteiger partial charge is 0.325 e. The molecule has 2 aromatic rings. The minimum Gasteiger partial charge on any atom is -0.497 e. The number of benzene rings is 2. The summed E-state index contributed by atoms with van der Waals surface area (Å²) in [5.74, 6) is -0.249. The molecule has 3 rings (SSSR count). The Morgan fingerprint density at radius 3 is 2.29 bits per heavy atom. The third kappa shape index (κ3) is 7.22. The van der Waals surface area contributed by atoms with Crippen molar-refractivity contribution in [3.8, 4) is 11.5 Å². The van der Waals surface area contributed by atoms with Crippen LogP contribution in [0.15, 0.2) is 54.6 Å². The van der Waals surface area contributed by atoms with Gasteiger partial charge in [-0.2, -0.15) is 0 Å². The van der Waals surface area contributed by atoms with E-state index < -0.39 is 24.0 Å². The number of hydrogen-bond donors (Lipinski definition) is 2. The number of amides is 3. The third-order valence-corrected chi connectivity index (χ3v) is 6.43. The monoisotopic (exact) mass is 526 g/mol. The van der Waals surface area contributed by atoms with Gasteiger partial charge < -0.3 is 29.7 Å². The van der Waals surface area contributed by atoms with Gasteiger partial charge in [-0.15, -0.1) is 0 Å². The summed E-state index contributed by atoms with van der Waals surface area (Å²) in [7, 11) is 4.58. The average molecular weight is 527 g/mol. The van der Waals surface area contributed by atoms with Crippen molar-refractivity contribution in [3.05, 3.63) is 60.2 Å². The number of rotatable bonds is 13. The van der Waals surface area contributed by atoms with E-state index in [2.05, 4.69) is 15.4 Å². The predicted molar refractivity (Wildman–Crippen MR) is 138 cm³/mol. The third-order valence-electron chi connectivity index (χ3n) is 6.43. The van der Waals surface area contributed by atoms with Gasteiger partial charge in [-0.3, -0.25) is 24.1 Å². The number of ether oxygens (including phenoxy) is 3. The van der Waals surface area contributed by atoms with Crippen LogP contribution in [0.5, 0.6) is 11.5 Å². The molecule has 0 aliphatic carbocycles. The Hall–Kier alpha value is -4.12. The minimum atomic E-state index is -0.666. The van der Waals surface area contributed by atoms with Crippen molar-refractivity contribution >= 4 is 23.7 Å². The molecule has 11 heteroatoms. The topological polar surface area (TPSA) is 127 Å². The first kappa shape index (κ1) is 28.5. The number of carbonyl (C=O) groups excluding carboxylic acids is 4. The molecule has 0 spiro atoms. The normalized spacial score (nSPS) is 17.3. The maximum absolute atomic E-state index is 13.1. The number of β-lactam (4-membered cyclic amide) rings is 1. The second kappa shape index (κ2) is 13.4. The van der Waals surface area contributed by atoms with Gasteiger partial charge in [-0.25, -0.2) is 0 Å². The molecule has 0 aromatic heterocycles. The van der Waals surface area contributed by atoms with Crippen molar-refractivity contribution in [2.75, 3.05) is 47.4 Å². The van der Waals surface area contributed by atoms with Gasteiger partial charge in [0, 0.05) is 13.1 Å². The number of methoxy groups -OCH3 is 2. The zero-order valence-electron chi connectivity index (χ0n) is 22.0. The van der Waals surface area contributed by atoms with Crippen LogP contribution in [0.4, 0.5) is 0 Å². The first-order valence-electron chi connectivity index (χ1n) is 12.2. The molecular weight excluding hydrogens is 492 g/mol. The fraction of sp³-hybridized carbons (Fsp3) is 0.407. The molecule has 1 unspecified atom stereocenters. The van der Waals surface area contributed by atoms with Gasteiger partial charge in [0.2, 0.25) is 17.9 Å². The number of para-hydroxylation sites is 1. The van der Waals surface area contributed by atoms with E-state index in [1.165, 1.54) is 7.11 Å². The number of nitrogens with one attached hydrogen (secondary N) is 2. The molecule has 0 saturated carbocycles. The number of esters is 1. The van der Waals surface area contributed by atoms with E-state index in [9.17, 15) is 19.2 Å². The lowest BCUT2D eigenvalue weighted by Crippen LogP contribution is -2.62. The van der Waals surface area contributed by atoms with Gasteiger partial charge in [-0.05, 0) is 43.8 Å². The molecule has 38 heavy (non-hydrogen) atoms. The molecule has 1 aliphatic rings. The van der Waals surface area contributed by atoms with Crippen LogP contribution in [-0.4, -0.2) is 93.1 Å². The lowest BCUT2D eigenvalue weighted by Gasteiger charge is -2.47. The largest absolute Gasteiger partial charge is 0.497 e. The molecule has 11 nitrogen and oxygen atoms in total. The molecular formula is C27H34N4O7. The van der Waals surface area contributed by atoms with Gasteiger partial charge >= 0.3 is 5.97 Å². The Kier molecular flexibility index (Phi) is 10.1. The molecule has 1 saturated heterocycles. The van der Waals surface area contributed by atoms with E-state index in [1.54, 1.807) is 30.9 Å². The predicted octanol–water partition coefficient (Wildman–Crippen LogP) is 0.752. The van der Waals surface area contributed by atoms with E-state index >= 15 is 0 Å². The Balaban J connectivity index is 1.58. The summed E-state index contributed by atoms with van der Waals surface area (Å²) in [6.07, 6.45) is -0.666. The number of hydrogen-bond acceptors (Lipinski definition) is 8. The number of likely N-dealkylation sites (N-methyl/N-ethyl adjacent to an activating group) is 1. The lowest BCUT2D eigenvalue weighted by molar-refractivity contribution is -0.164. The summed E-state index contributed by atoms with van der Waals surface area (Å²) in [6.45, 7) is 1.96. The standard InChI is InChI=1S/C27H34N4O7/c1-18(26(34)29-16-22(32)28-17-23(33)37-4)30(2)14-15-31-24(19-10-12-20(36-3)13-11-19)25(27(31)35)38-21-8-6-5-7-9-21/h5-13,18,24-25H,14-17H2,1-4H3,(H,28,32)(H,29,34)/t18?,24-,25+/m1/s1. The first-order valence-corrected chi connectivity index (χ1v) is 12.2. The summed E-state index contributed by atoms with van der Waals surface area (Å²) < 4.78 is 15.8. The zero-order valence-corrected chi connectivity index (χ0v) is 22.0. The van der Waals surface area contributed by atoms with Crippen LogP contribution in [0.2, 0.25) is 0 Å². The van der Waals surface area contributed by atoms with Crippen molar-refractivity contribution < 1.29 is 33.4 Å². The first-order chi connectivity index (χ1) is 18.2. The molecule has 1 fully saturated rings. The van der Waals surface area contributed by atoms with E-state index in [4.69, 9.17) is 9.47 Å². The zero-order chi connectivity index (χ0) is 27.7. The molecule has 204 valence electrons. The Morgan fingerprint density at radius 1 is 0.974 bits per heavy atom. The minimum absolute atomic E-state index is 0.137. The maximum Gasteiger partial charge on any atom is 0.325 e. The molecule has 2 aromatic carbocycles. The van der Waals surface area contributed by atoms with Crippen LogP contribution >= 0.6 is 0 Å². The maximum atomic E-state index is 13.1. The van der Waals surface area contributed by atoms with Crippen molar-refractivity contribution in [2.24, 2.45) is 0 Å². The SMILES string of the molecule is COC(=O)CNC(=O)CNC(=O)C(C)N(C)CCN1C(=O)[C@@H](Oc2ccccc2)[C@H]1c1ccc(OC)cc1. The highest BCUT2D eigenvalue weighted by molar-refractivity contribution is 5.90. The van der Waals surface area contributed by atoms with E-state index in [1.807, 2.05) is 54.6 Å². The second-order valence-corrected chi connectivity index (χ2v) is 8.83. The Bertz CT molecular complexity index is 1110. The fourth-order valence-electron chi connectivity index (χ4n) is 3.96. The van der Waals surface area contributed by atoms with Crippen LogP contribution in [0, 0.1) is 0 Å². The highest BCUT2D eigenvalue weighted by Gasteiger charge is 2.50. The second-order valence-electron chi connectivity index (χ2n) is 8.83. The Labute approximate surface area is 222 Å². The molecule has 3 amide bonds. The van der Waals surface area contributed by atoms with Crippen molar-refractivity contribution in [1.82, 2.24) is 20.4 Å². The van der Waals surface area contributed by atoms with Crippen molar-refractivity contribution in [3.63, 3.8) is 0 Å². The summed E-state index contributed by atoms with van der Waals surface area (Å²) in [5.41, 5.74) is 0.915.